The zero-order valence-electron chi connectivity index (χ0n) is 6.58. The van der Waals surface area contributed by atoms with Crippen LogP contribution in [0.25, 0.3) is 0 Å². The number of halogens is 1. The Morgan fingerprint density at radius 3 is 3.00 bits per heavy atom. The summed E-state index contributed by atoms with van der Waals surface area (Å²) in [5.41, 5.74) is 1.06. The smallest absolute Gasteiger partial charge is 0.186 e. The predicted octanol–water partition coefficient (Wildman–Crippen LogP) is 2.62. The summed E-state index contributed by atoms with van der Waals surface area (Å²) in [7, 11) is 0. The van der Waals surface area contributed by atoms with Crippen LogP contribution in [0.4, 0.5) is 0 Å². The zero-order valence-corrected chi connectivity index (χ0v) is 8.98. The van der Waals surface area contributed by atoms with Crippen molar-refractivity contribution in [3.05, 3.63) is 28.5 Å². The van der Waals surface area contributed by atoms with E-state index in [1.165, 1.54) is 11.8 Å². The van der Waals surface area contributed by atoms with Gasteiger partial charge in [0.05, 0.1) is 0 Å². The second-order valence-corrected chi connectivity index (χ2v) is 4.36. The van der Waals surface area contributed by atoms with Crippen molar-refractivity contribution in [2.75, 3.05) is 0 Å². The second-order valence-electron chi connectivity index (χ2n) is 2.29. The van der Waals surface area contributed by atoms with Crippen molar-refractivity contribution in [2.45, 2.75) is 12.7 Å². The average Bonchev–Trinajstić information content (AvgIpc) is 2.01. The summed E-state index contributed by atoms with van der Waals surface area (Å²) in [5.74, 6) is 0.696. The number of carbonyl (C=O) groups excluding carboxylic acids is 1. The molecule has 0 amide bonds. The zero-order chi connectivity index (χ0) is 8.97. The molecule has 0 N–H and O–H groups in total. The Morgan fingerprint density at radius 2 is 2.42 bits per heavy atom. The fourth-order valence-corrected chi connectivity index (χ4v) is 1.66. The van der Waals surface area contributed by atoms with E-state index in [4.69, 9.17) is 0 Å². The minimum Gasteiger partial charge on any atom is -0.288 e. The number of hydrogen-bond acceptors (Lipinski definition) is 3. The molecule has 0 saturated heterocycles. The highest BCUT2D eigenvalue weighted by Gasteiger charge is 1.97. The summed E-state index contributed by atoms with van der Waals surface area (Å²) in [5, 5.41) is 0.134. The largest absolute Gasteiger partial charge is 0.288 e. The monoisotopic (exact) mass is 245 g/mol. The number of thioether (sulfide) groups is 1. The highest BCUT2D eigenvalue weighted by atomic mass is 79.9. The van der Waals surface area contributed by atoms with Gasteiger partial charge in [0, 0.05) is 29.5 Å². The quantitative estimate of drug-likeness (QED) is 0.803. The lowest BCUT2D eigenvalue weighted by Crippen LogP contribution is -1.86. The summed E-state index contributed by atoms with van der Waals surface area (Å²) < 4.78 is 0.948. The van der Waals surface area contributed by atoms with Gasteiger partial charge in [0.15, 0.2) is 5.12 Å². The maximum absolute atomic E-state index is 10.6. The highest BCUT2D eigenvalue weighted by Crippen LogP contribution is 2.15. The van der Waals surface area contributed by atoms with Crippen molar-refractivity contribution < 1.29 is 4.79 Å². The molecule has 0 atom stereocenters. The Hall–Kier alpha value is -0.350. The summed E-state index contributed by atoms with van der Waals surface area (Å²) in [6.45, 7) is 1.57. The van der Waals surface area contributed by atoms with E-state index in [2.05, 4.69) is 20.9 Å². The van der Waals surface area contributed by atoms with Gasteiger partial charge in [-0.05, 0) is 27.6 Å². The maximum atomic E-state index is 10.6. The van der Waals surface area contributed by atoms with Crippen LogP contribution in [0.15, 0.2) is 22.9 Å². The van der Waals surface area contributed by atoms with E-state index >= 15 is 0 Å². The van der Waals surface area contributed by atoms with E-state index in [1.54, 1.807) is 19.3 Å². The van der Waals surface area contributed by atoms with Crippen LogP contribution < -0.4 is 0 Å². The number of nitrogens with zero attached hydrogens (tertiary/aromatic N) is 1. The molecule has 0 spiro atoms. The van der Waals surface area contributed by atoms with Crippen LogP contribution in [-0.4, -0.2) is 10.1 Å². The number of pyridine rings is 1. The van der Waals surface area contributed by atoms with Crippen molar-refractivity contribution in [1.29, 1.82) is 0 Å². The average molecular weight is 246 g/mol. The fraction of sp³-hybridized carbons (Fsp3) is 0.250. The summed E-state index contributed by atoms with van der Waals surface area (Å²) in [4.78, 5) is 14.6. The Labute approximate surface area is 83.9 Å². The van der Waals surface area contributed by atoms with Crippen LogP contribution in [0.5, 0.6) is 0 Å². The van der Waals surface area contributed by atoms with E-state index in [1.807, 2.05) is 6.07 Å². The molecule has 0 unspecified atom stereocenters. The molecule has 12 heavy (non-hydrogen) atoms. The molecule has 0 aliphatic rings. The molecule has 0 aliphatic carbocycles. The van der Waals surface area contributed by atoms with Gasteiger partial charge in [-0.1, -0.05) is 11.8 Å². The molecule has 2 nitrogen and oxygen atoms in total. The van der Waals surface area contributed by atoms with Gasteiger partial charge in [0.1, 0.15) is 0 Å². The van der Waals surface area contributed by atoms with Gasteiger partial charge in [-0.2, -0.15) is 0 Å². The number of hydrogen-bond donors (Lipinski definition) is 0. The molecule has 0 aliphatic heterocycles. The Morgan fingerprint density at radius 1 is 1.67 bits per heavy atom. The van der Waals surface area contributed by atoms with Crippen LogP contribution in [-0.2, 0) is 10.5 Å². The molecule has 1 aromatic heterocycles. The van der Waals surface area contributed by atoms with Crippen LogP contribution in [0.3, 0.4) is 0 Å². The molecular weight excluding hydrogens is 238 g/mol. The molecule has 1 rings (SSSR count). The van der Waals surface area contributed by atoms with Crippen molar-refractivity contribution in [3.8, 4) is 0 Å². The second kappa shape index (κ2) is 4.62. The summed E-state index contributed by atoms with van der Waals surface area (Å²) >= 11 is 4.61. The van der Waals surface area contributed by atoms with Crippen LogP contribution in [0.1, 0.15) is 12.5 Å². The van der Waals surface area contributed by atoms with Gasteiger partial charge >= 0.3 is 0 Å². The Balaban J connectivity index is 2.57. The highest BCUT2D eigenvalue weighted by molar-refractivity contribution is 9.10. The third kappa shape index (κ3) is 3.36. The minimum atomic E-state index is 0.134. The standard InChI is InChI=1S/C8H8BrNOS/c1-6(11)12-5-7-2-8(9)4-10-3-7/h2-4H,5H2,1H3. The molecule has 0 radical (unpaired) electrons. The SMILES string of the molecule is CC(=O)SCc1cncc(Br)c1. The topological polar surface area (TPSA) is 30.0 Å². The normalized spacial score (nSPS) is 9.83. The van der Waals surface area contributed by atoms with Gasteiger partial charge in [-0.3, -0.25) is 9.78 Å². The molecular formula is C8H8BrNOS. The predicted molar refractivity (Wildman–Crippen MR) is 53.9 cm³/mol. The third-order valence-electron chi connectivity index (χ3n) is 1.20. The fourth-order valence-electron chi connectivity index (χ4n) is 0.720. The molecule has 0 aromatic carbocycles. The molecule has 0 fully saturated rings. The first-order valence-electron chi connectivity index (χ1n) is 3.41. The molecule has 4 heteroatoms. The minimum absolute atomic E-state index is 0.134. The molecule has 0 saturated carbocycles. The van der Waals surface area contributed by atoms with Crippen molar-refractivity contribution >= 4 is 32.8 Å². The number of carbonyl (C=O) groups is 1. The molecule has 0 bridgehead atoms. The van der Waals surface area contributed by atoms with Crippen molar-refractivity contribution in [2.24, 2.45) is 0 Å². The van der Waals surface area contributed by atoms with Gasteiger partial charge in [0.25, 0.3) is 0 Å². The summed E-state index contributed by atoms with van der Waals surface area (Å²) in [6, 6.07) is 1.96. The number of rotatable bonds is 2. The maximum Gasteiger partial charge on any atom is 0.186 e. The lowest BCUT2D eigenvalue weighted by atomic mass is 10.3. The molecule has 1 aromatic rings. The third-order valence-corrected chi connectivity index (χ3v) is 2.52. The Kier molecular flexibility index (Phi) is 3.75. The number of aromatic nitrogens is 1. The molecule has 64 valence electrons. The van der Waals surface area contributed by atoms with Gasteiger partial charge < -0.3 is 0 Å². The Bertz CT molecular complexity index is 290. The first kappa shape index (κ1) is 9.74. The van der Waals surface area contributed by atoms with Gasteiger partial charge in [-0.15, -0.1) is 0 Å². The van der Waals surface area contributed by atoms with Crippen LogP contribution in [0, 0.1) is 0 Å². The summed E-state index contributed by atoms with van der Waals surface area (Å²) in [6.07, 6.45) is 3.49. The van der Waals surface area contributed by atoms with E-state index < -0.39 is 0 Å². The van der Waals surface area contributed by atoms with Crippen molar-refractivity contribution in [1.82, 2.24) is 4.98 Å². The van der Waals surface area contributed by atoms with E-state index in [0.717, 1.165) is 10.0 Å². The van der Waals surface area contributed by atoms with Crippen LogP contribution in [0.2, 0.25) is 0 Å². The first-order valence-corrected chi connectivity index (χ1v) is 5.19. The van der Waals surface area contributed by atoms with Crippen LogP contribution >= 0.6 is 27.7 Å². The molecule has 1 heterocycles. The van der Waals surface area contributed by atoms with Gasteiger partial charge in [0.2, 0.25) is 0 Å². The van der Waals surface area contributed by atoms with E-state index in [9.17, 15) is 4.79 Å². The lowest BCUT2D eigenvalue weighted by molar-refractivity contribution is -0.109. The van der Waals surface area contributed by atoms with E-state index in [0.29, 0.717) is 5.75 Å². The van der Waals surface area contributed by atoms with E-state index in [-0.39, 0.29) is 5.12 Å². The van der Waals surface area contributed by atoms with Gasteiger partial charge in [-0.25, -0.2) is 0 Å². The van der Waals surface area contributed by atoms with Crippen molar-refractivity contribution in [3.63, 3.8) is 0 Å². The lowest BCUT2D eigenvalue weighted by Gasteiger charge is -1.97. The first-order chi connectivity index (χ1) is 5.68.